The Hall–Kier alpha value is -3.33. The Labute approximate surface area is 179 Å². The summed E-state index contributed by atoms with van der Waals surface area (Å²) in [6.45, 7) is 3.63. The lowest BCUT2D eigenvalue weighted by molar-refractivity contribution is 0.0175. The summed E-state index contributed by atoms with van der Waals surface area (Å²) < 4.78 is 37.8. The highest BCUT2D eigenvalue weighted by atomic mass is 19.3. The second-order valence-electron chi connectivity index (χ2n) is 7.21. The van der Waals surface area contributed by atoms with Crippen molar-refractivity contribution in [2.24, 2.45) is 0 Å². The molecule has 162 valence electrons. The van der Waals surface area contributed by atoms with Crippen molar-refractivity contribution in [1.29, 1.82) is 0 Å². The van der Waals surface area contributed by atoms with Gasteiger partial charge in [-0.3, -0.25) is 0 Å². The fourth-order valence-corrected chi connectivity index (χ4v) is 3.29. The minimum atomic E-state index is -2.88. The second kappa shape index (κ2) is 8.81. The molecule has 0 atom stereocenters. The predicted molar refractivity (Wildman–Crippen MR) is 114 cm³/mol. The maximum atomic E-state index is 13.5. The van der Waals surface area contributed by atoms with Crippen molar-refractivity contribution in [1.82, 2.24) is 15.0 Å². The summed E-state index contributed by atoms with van der Waals surface area (Å²) in [7, 11) is 1.53. The Balaban J connectivity index is 1.60. The molecular formula is C22H23F2N5O2. The average molecular weight is 427 g/mol. The number of alkyl halides is 2. The van der Waals surface area contributed by atoms with Crippen LogP contribution in [0.3, 0.4) is 0 Å². The van der Waals surface area contributed by atoms with Gasteiger partial charge in [-0.1, -0.05) is 24.3 Å². The molecule has 3 aromatic rings. The Kier molecular flexibility index (Phi) is 5.94. The number of anilines is 3. The quantitative estimate of drug-likeness (QED) is 0.631. The summed E-state index contributed by atoms with van der Waals surface area (Å²) in [6.07, 6.45) is 3.33. The summed E-state index contributed by atoms with van der Waals surface area (Å²) >= 11 is 0. The Morgan fingerprint density at radius 2 is 1.81 bits per heavy atom. The van der Waals surface area contributed by atoms with E-state index in [4.69, 9.17) is 9.47 Å². The number of aromatic nitrogens is 3. The molecule has 1 fully saturated rings. The molecule has 1 saturated heterocycles. The lowest BCUT2D eigenvalue weighted by Gasteiger charge is -2.26. The van der Waals surface area contributed by atoms with Crippen LogP contribution >= 0.6 is 0 Å². The molecule has 0 unspecified atom stereocenters. The molecule has 0 amide bonds. The molecule has 4 rings (SSSR count). The molecule has 31 heavy (non-hydrogen) atoms. The Morgan fingerprint density at radius 3 is 2.48 bits per heavy atom. The highest BCUT2D eigenvalue weighted by molar-refractivity contribution is 5.72. The monoisotopic (exact) mass is 427 g/mol. The molecule has 7 nitrogen and oxygen atoms in total. The summed E-state index contributed by atoms with van der Waals surface area (Å²) in [6, 6.07) is 9.76. The summed E-state index contributed by atoms with van der Waals surface area (Å²) in [5.41, 5.74) is 2.10. The number of nitrogens with zero attached hydrogens (tertiary/aromatic N) is 4. The fourth-order valence-electron chi connectivity index (χ4n) is 3.29. The average Bonchev–Trinajstić information content (AvgIpc) is 2.79. The van der Waals surface area contributed by atoms with Crippen LogP contribution in [0.2, 0.25) is 0 Å². The van der Waals surface area contributed by atoms with Gasteiger partial charge in [0, 0.05) is 43.5 Å². The zero-order valence-electron chi connectivity index (χ0n) is 17.3. The van der Waals surface area contributed by atoms with E-state index in [1.165, 1.54) is 19.2 Å². The molecule has 1 N–H and O–H groups in total. The van der Waals surface area contributed by atoms with Gasteiger partial charge in [0.1, 0.15) is 11.5 Å². The maximum Gasteiger partial charge on any atom is 0.270 e. The van der Waals surface area contributed by atoms with Gasteiger partial charge in [0.2, 0.25) is 11.8 Å². The van der Waals surface area contributed by atoms with Gasteiger partial charge < -0.3 is 19.7 Å². The lowest BCUT2D eigenvalue weighted by atomic mass is 10.0. The van der Waals surface area contributed by atoms with E-state index in [2.05, 4.69) is 25.2 Å². The van der Waals surface area contributed by atoms with E-state index < -0.39 is 5.92 Å². The van der Waals surface area contributed by atoms with E-state index in [-0.39, 0.29) is 5.56 Å². The first kappa shape index (κ1) is 20.9. The van der Waals surface area contributed by atoms with Crippen LogP contribution in [-0.4, -0.2) is 48.4 Å². The van der Waals surface area contributed by atoms with Crippen LogP contribution in [0, 0.1) is 0 Å². The standard InChI is InChI=1S/C22H23F2N5O2/c1-22(23,24)17-5-3-15(4-6-17)16-13-18(20(30-2)26-14-16)27-19-7-8-25-21(28-19)29-9-11-31-12-10-29/h3-8,13-14H,9-12H2,1-2H3,(H,25,27,28). The van der Waals surface area contributed by atoms with E-state index in [1.54, 1.807) is 30.6 Å². The van der Waals surface area contributed by atoms with Gasteiger partial charge >= 0.3 is 0 Å². The zero-order valence-corrected chi connectivity index (χ0v) is 17.3. The van der Waals surface area contributed by atoms with Crippen LogP contribution < -0.4 is 15.0 Å². The van der Waals surface area contributed by atoms with Crippen LogP contribution in [-0.2, 0) is 10.7 Å². The molecule has 0 saturated carbocycles. The normalized spacial score (nSPS) is 14.4. The molecule has 9 heteroatoms. The van der Waals surface area contributed by atoms with Gasteiger partial charge in [-0.15, -0.1) is 0 Å². The van der Waals surface area contributed by atoms with Crippen molar-refractivity contribution in [3.05, 3.63) is 54.4 Å². The number of ether oxygens (including phenoxy) is 2. The highest BCUT2D eigenvalue weighted by Gasteiger charge is 2.23. The molecule has 3 heterocycles. The van der Waals surface area contributed by atoms with E-state index in [9.17, 15) is 8.78 Å². The summed E-state index contributed by atoms with van der Waals surface area (Å²) in [4.78, 5) is 15.4. The Bertz CT molecular complexity index is 1030. The highest BCUT2D eigenvalue weighted by Crippen LogP contribution is 2.32. The number of morpholine rings is 1. The van der Waals surface area contributed by atoms with Crippen molar-refractivity contribution in [3.63, 3.8) is 0 Å². The first-order valence-corrected chi connectivity index (χ1v) is 9.89. The number of nitrogens with one attached hydrogen (secondary N) is 1. The third-order valence-corrected chi connectivity index (χ3v) is 4.97. The first-order valence-electron chi connectivity index (χ1n) is 9.89. The molecular weight excluding hydrogens is 404 g/mol. The molecule has 0 bridgehead atoms. The van der Waals surface area contributed by atoms with Gasteiger partial charge in [-0.2, -0.15) is 4.98 Å². The SMILES string of the molecule is COc1ncc(-c2ccc(C(C)(F)F)cc2)cc1Nc1ccnc(N2CCOCC2)n1. The molecule has 0 aliphatic carbocycles. The van der Waals surface area contributed by atoms with Gasteiger partial charge in [0.15, 0.2) is 0 Å². The third-order valence-electron chi connectivity index (χ3n) is 4.97. The van der Waals surface area contributed by atoms with Crippen molar-refractivity contribution >= 4 is 17.5 Å². The molecule has 0 spiro atoms. The van der Waals surface area contributed by atoms with E-state index in [0.29, 0.717) is 36.5 Å². The van der Waals surface area contributed by atoms with Crippen molar-refractivity contribution < 1.29 is 18.3 Å². The second-order valence-corrected chi connectivity index (χ2v) is 7.21. The van der Waals surface area contributed by atoms with Gasteiger partial charge in [0.25, 0.3) is 5.92 Å². The number of methoxy groups -OCH3 is 1. The molecule has 1 aromatic carbocycles. The van der Waals surface area contributed by atoms with Gasteiger partial charge in [-0.05, 0) is 17.7 Å². The summed E-state index contributed by atoms with van der Waals surface area (Å²) in [5, 5.41) is 3.23. The van der Waals surface area contributed by atoms with Crippen LogP contribution in [0.5, 0.6) is 5.88 Å². The smallest absolute Gasteiger partial charge is 0.270 e. The number of hydrogen-bond acceptors (Lipinski definition) is 7. The van der Waals surface area contributed by atoms with Crippen LogP contribution in [0.25, 0.3) is 11.1 Å². The predicted octanol–water partition coefficient (Wildman–Crippen LogP) is 4.24. The number of halogens is 2. The minimum absolute atomic E-state index is 0.0345. The molecule has 2 aromatic heterocycles. The van der Waals surface area contributed by atoms with E-state index in [0.717, 1.165) is 31.1 Å². The largest absolute Gasteiger partial charge is 0.480 e. The first-order chi connectivity index (χ1) is 14.9. The van der Waals surface area contributed by atoms with Crippen molar-refractivity contribution in [2.45, 2.75) is 12.8 Å². The lowest BCUT2D eigenvalue weighted by Crippen LogP contribution is -2.37. The number of hydrogen-bond donors (Lipinski definition) is 1. The minimum Gasteiger partial charge on any atom is -0.480 e. The van der Waals surface area contributed by atoms with Crippen LogP contribution in [0.1, 0.15) is 12.5 Å². The molecule has 1 aliphatic heterocycles. The maximum absolute atomic E-state index is 13.5. The number of rotatable bonds is 6. The van der Waals surface area contributed by atoms with Gasteiger partial charge in [-0.25, -0.2) is 18.7 Å². The fraction of sp³-hybridized carbons (Fsp3) is 0.318. The zero-order chi connectivity index (χ0) is 21.8. The topological polar surface area (TPSA) is 72.4 Å². The van der Waals surface area contributed by atoms with Crippen LogP contribution in [0.15, 0.2) is 48.8 Å². The van der Waals surface area contributed by atoms with E-state index >= 15 is 0 Å². The molecule has 1 aliphatic rings. The van der Waals surface area contributed by atoms with E-state index in [1.807, 2.05) is 6.07 Å². The summed E-state index contributed by atoms with van der Waals surface area (Å²) in [5.74, 6) is -1.27. The van der Waals surface area contributed by atoms with Gasteiger partial charge in [0.05, 0.1) is 20.3 Å². The number of pyridine rings is 1. The number of benzene rings is 1. The molecule has 0 radical (unpaired) electrons. The third kappa shape index (κ3) is 4.88. The van der Waals surface area contributed by atoms with Crippen molar-refractivity contribution in [2.75, 3.05) is 43.6 Å². The van der Waals surface area contributed by atoms with Crippen molar-refractivity contribution in [3.8, 4) is 17.0 Å². The van der Waals surface area contributed by atoms with Crippen LogP contribution in [0.4, 0.5) is 26.2 Å². The Morgan fingerprint density at radius 1 is 1.06 bits per heavy atom.